The molecule has 2 saturated heterocycles. The van der Waals surface area contributed by atoms with Crippen LogP contribution in [0.2, 0.25) is 0 Å². The van der Waals surface area contributed by atoms with Gasteiger partial charge in [-0.05, 0) is 13.0 Å². The maximum atomic E-state index is 13.2. The Balaban J connectivity index is 1.63. The van der Waals surface area contributed by atoms with Gasteiger partial charge in [0.05, 0.1) is 35.4 Å². The van der Waals surface area contributed by atoms with E-state index in [1.165, 1.54) is 6.92 Å². The Hall–Kier alpha value is -1.07. The van der Waals surface area contributed by atoms with Crippen LogP contribution >= 0.6 is 0 Å². The summed E-state index contributed by atoms with van der Waals surface area (Å²) in [6.45, 7) is 7.24. The summed E-state index contributed by atoms with van der Waals surface area (Å²) in [5.74, 6) is -1.33. The fourth-order valence-corrected chi connectivity index (χ4v) is 11.0. The van der Waals surface area contributed by atoms with E-state index in [2.05, 4.69) is 30.9 Å². The molecule has 5 aliphatic carbocycles. The standard InChI is InChI=1S/C26H37NO8/c1-6-27-11-22(3)8-7-16(31-4)25-19(22)20(35-13(2)28)26(21(25)27)24(33-12-34-26)10-15(29)14-9-23(25,30)18(24)17(14)32-5/h7-8,14-21,29-30H,6,9-12H2,1-5H3/t14-,15+,16+,17+,18+,19-,20-,21+,22+,23+,24-,25-,26-/m1/s1. The third-order valence-electron chi connectivity index (χ3n) is 11.4. The van der Waals surface area contributed by atoms with Gasteiger partial charge in [-0.1, -0.05) is 26.0 Å². The van der Waals surface area contributed by atoms with Gasteiger partial charge >= 0.3 is 5.97 Å². The van der Waals surface area contributed by atoms with Gasteiger partial charge in [-0.15, -0.1) is 0 Å². The molecule has 0 unspecified atom stereocenters. The molecule has 194 valence electrons. The molecule has 0 aromatic rings. The minimum atomic E-state index is -1.29. The highest BCUT2D eigenvalue weighted by Gasteiger charge is 2.97. The molecule has 13 atom stereocenters. The number of esters is 1. The largest absolute Gasteiger partial charge is 0.459 e. The lowest BCUT2D eigenvalue weighted by atomic mass is 9.42. The van der Waals surface area contributed by atoms with Crippen molar-refractivity contribution in [1.29, 1.82) is 0 Å². The average Bonchev–Trinajstić information content (AvgIpc) is 3.36. The topological polar surface area (TPSA) is 107 Å². The third kappa shape index (κ3) is 2.05. The third-order valence-corrected chi connectivity index (χ3v) is 11.4. The number of hydrogen-bond donors (Lipinski definition) is 2. The summed E-state index contributed by atoms with van der Waals surface area (Å²) in [6.07, 6.45) is 2.72. The Kier molecular flexibility index (Phi) is 4.40. The van der Waals surface area contributed by atoms with Crippen LogP contribution in [0.4, 0.5) is 0 Å². The fourth-order valence-electron chi connectivity index (χ4n) is 11.0. The quantitative estimate of drug-likeness (QED) is 0.429. The number of hydrogen-bond acceptors (Lipinski definition) is 9. The second-order valence-electron chi connectivity index (χ2n) is 12.3. The number of likely N-dealkylation sites (tertiary alicyclic amines) is 1. The summed E-state index contributed by atoms with van der Waals surface area (Å²) in [7, 11) is 3.33. The number of fused-ring (bicyclic) bond motifs is 1. The van der Waals surface area contributed by atoms with E-state index < -0.39 is 58.0 Å². The molecule has 0 amide bonds. The molecule has 0 radical (unpaired) electrons. The highest BCUT2D eigenvalue weighted by atomic mass is 16.7. The normalized spacial score (nSPS) is 61.1. The van der Waals surface area contributed by atoms with E-state index in [9.17, 15) is 15.0 Å². The van der Waals surface area contributed by atoms with Gasteiger partial charge in [0, 0.05) is 57.3 Å². The summed E-state index contributed by atoms with van der Waals surface area (Å²) >= 11 is 0. The summed E-state index contributed by atoms with van der Waals surface area (Å²) in [5.41, 5.74) is -4.69. The molecule has 2 N–H and O–H groups in total. The number of methoxy groups -OCH3 is 2. The van der Waals surface area contributed by atoms with Gasteiger partial charge in [0.1, 0.15) is 18.5 Å². The summed E-state index contributed by atoms with van der Waals surface area (Å²) < 4.78 is 31.9. The molecule has 7 rings (SSSR count). The zero-order valence-electron chi connectivity index (χ0n) is 21.1. The lowest BCUT2D eigenvalue weighted by Gasteiger charge is -2.70. The van der Waals surface area contributed by atoms with E-state index >= 15 is 0 Å². The molecule has 0 aromatic carbocycles. The molecular weight excluding hydrogens is 454 g/mol. The molecule has 9 heteroatoms. The van der Waals surface area contributed by atoms with Crippen molar-refractivity contribution in [3.8, 4) is 0 Å². The van der Waals surface area contributed by atoms with Gasteiger partial charge in [0.2, 0.25) is 0 Å². The van der Waals surface area contributed by atoms with Gasteiger partial charge in [0.25, 0.3) is 0 Å². The predicted octanol–water partition coefficient (Wildman–Crippen LogP) is 0.472. The second-order valence-corrected chi connectivity index (χ2v) is 12.3. The molecule has 7 bridgehead atoms. The van der Waals surface area contributed by atoms with E-state index in [4.69, 9.17) is 23.7 Å². The highest BCUT2D eigenvalue weighted by molar-refractivity contribution is 5.67. The Morgan fingerprint density at radius 2 is 1.97 bits per heavy atom. The van der Waals surface area contributed by atoms with Crippen molar-refractivity contribution in [2.75, 3.05) is 34.1 Å². The van der Waals surface area contributed by atoms with Gasteiger partial charge in [-0.2, -0.15) is 0 Å². The maximum Gasteiger partial charge on any atom is 0.303 e. The van der Waals surface area contributed by atoms with E-state index in [0.717, 1.165) is 13.1 Å². The Bertz CT molecular complexity index is 1010. The molecule has 2 heterocycles. The Labute approximate surface area is 205 Å². The molecule has 0 aromatic heterocycles. The molecule has 4 saturated carbocycles. The summed E-state index contributed by atoms with van der Waals surface area (Å²) in [5, 5.41) is 24.7. The summed E-state index contributed by atoms with van der Waals surface area (Å²) in [4.78, 5) is 15.1. The Morgan fingerprint density at radius 3 is 2.63 bits per heavy atom. The van der Waals surface area contributed by atoms with Crippen molar-refractivity contribution in [3.63, 3.8) is 0 Å². The second kappa shape index (κ2) is 6.67. The number of carbonyl (C=O) groups excluding carboxylic acids is 1. The number of aliphatic hydroxyl groups is 2. The van der Waals surface area contributed by atoms with Gasteiger partial charge < -0.3 is 33.9 Å². The van der Waals surface area contributed by atoms with Crippen LogP contribution in [0.25, 0.3) is 0 Å². The molecule has 7 aliphatic rings. The zero-order chi connectivity index (χ0) is 24.8. The number of nitrogens with zero attached hydrogens (tertiary/aromatic N) is 1. The number of ether oxygens (including phenoxy) is 5. The van der Waals surface area contributed by atoms with Crippen LogP contribution in [0.1, 0.15) is 33.6 Å². The molecule has 35 heavy (non-hydrogen) atoms. The first kappa shape index (κ1) is 23.1. The van der Waals surface area contributed by atoms with Crippen molar-refractivity contribution in [2.45, 2.75) is 80.9 Å². The van der Waals surface area contributed by atoms with Crippen molar-refractivity contribution in [1.82, 2.24) is 4.90 Å². The van der Waals surface area contributed by atoms with Crippen LogP contribution in [-0.4, -0.2) is 102 Å². The molecule has 6 fully saturated rings. The molecule has 2 aliphatic heterocycles. The van der Waals surface area contributed by atoms with Crippen molar-refractivity contribution in [2.24, 2.45) is 28.6 Å². The zero-order valence-corrected chi connectivity index (χ0v) is 21.1. The molecule has 9 nitrogen and oxygen atoms in total. The SMILES string of the molecule is CCN1C[C@]2(C)C=C[C@H](OC)[C@@]34[C@H]1[C@]1(OCO[C@@]15C[C@H](O)[C@H]1C[C@]3(O)[C@@H]5[C@H]1OC)[C@H](OC(C)=O)[C@@H]42. The fraction of sp³-hybridized carbons (Fsp3) is 0.885. The monoisotopic (exact) mass is 491 g/mol. The van der Waals surface area contributed by atoms with Gasteiger partial charge in [-0.25, -0.2) is 0 Å². The smallest absolute Gasteiger partial charge is 0.303 e. The maximum absolute atomic E-state index is 13.2. The first-order chi connectivity index (χ1) is 16.6. The van der Waals surface area contributed by atoms with Crippen molar-refractivity contribution in [3.05, 3.63) is 12.2 Å². The summed E-state index contributed by atoms with van der Waals surface area (Å²) in [6, 6.07) is -0.331. The van der Waals surface area contributed by atoms with Crippen LogP contribution in [0.3, 0.4) is 0 Å². The van der Waals surface area contributed by atoms with Crippen LogP contribution in [-0.2, 0) is 28.5 Å². The van der Waals surface area contributed by atoms with Crippen molar-refractivity contribution < 1.29 is 38.7 Å². The number of likely N-dealkylation sites (N-methyl/N-ethyl adjacent to an activating group) is 1. The van der Waals surface area contributed by atoms with Crippen LogP contribution in [0.5, 0.6) is 0 Å². The lowest BCUT2D eigenvalue weighted by molar-refractivity contribution is -0.317. The van der Waals surface area contributed by atoms with Crippen molar-refractivity contribution >= 4 is 5.97 Å². The van der Waals surface area contributed by atoms with Crippen LogP contribution < -0.4 is 0 Å². The van der Waals surface area contributed by atoms with E-state index in [1.807, 2.05) is 0 Å². The van der Waals surface area contributed by atoms with Crippen LogP contribution in [0, 0.1) is 28.6 Å². The molecular formula is C26H37NO8. The first-order valence-corrected chi connectivity index (χ1v) is 13.0. The number of rotatable bonds is 4. The predicted molar refractivity (Wildman–Crippen MR) is 121 cm³/mol. The van der Waals surface area contributed by atoms with E-state index in [0.29, 0.717) is 12.8 Å². The average molecular weight is 492 g/mol. The lowest BCUT2D eigenvalue weighted by Crippen LogP contribution is -2.85. The first-order valence-electron chi connectivity index (χ1n) is 13.0. The van der Waals surface area contributed by atoms with E-state index in [-0.39, 0.29) is 30.6 Å². The minimum Gasteiger partial charge on any atom is -0.459 e. The van der Waals surface area contributed by atoms with Gasteiger partial charge in [-0.3, -0.25) is 9.69 Å². The number of carbonyl (C=O) groups is 1. The van der Waals surface area contributed by atoms with Gasteiger partial charge in [0.15, 0.2) is 5.60 Å². The van der Waals surface area contributed by atoms with Crippen LogP contribution in [0.15, 0.2) is 12.2 Å². The minimum absolute atomic E-state index is 0.0107. The molecule has 3 spiro atoms. The Morgan fingerprint density at radius 1 is 1.20 bits per heavy atom. The highest BCUT2D eigenvalue weighted by Crippen LogP contribution is 2.83. The van der Waals surface area contributed by atoms with E-state index in [1.54, 1.807) is 14.2 Å². The number of aliphatic hydroxyl groups excluding tert-OH is 1. The number of piperidine rings is 1.